The van der Waals surface area contributed by atoms with E-state index >= 15 is 0 Å². The molecule has 1 aromatic carbocycles. The standard InChI is InChI=1S/C12H16N2O3/c1-16-8-4-2-7-3-5-10(13)11(9(7)6-8)17-12(14)15/h2,4,6,10-11H,3,5,13H2,1H3,(H2,14,15). The summed E-state index contributed by atoms with van der Waals surface area (Å²) in [7, 11) is 1.59. The van der Waals surface area contributed by atoms with Crippen molar-refractivity contribution in [1.29, 1.82) is 0 Å². The topological polar surface area (TPSA) is 87.6 Å². The van der Waals surface area contributed by atoms with Crippen molar-refractivity contribution in [2.45, 2.75) is 25.0 Å². The molecule has 1 aliphatic rings. The van der Waals surface area contributed by atoms with Crippen LogP contribution in [0.3, 0.4) is 0 Å². The fourth-order valence-corrected chi connectivity index (χ4v) is 2.17. The molecule has 2 unspecified atom stereocenters. The van der Waals surface area contributed by atoms with Crippen LogP contribution in [-0.4, -0.2) is 19.2 Å². The zero-order valence-electron chi connectivity index (χ0n) is 9.68. The number of fused-ring (bicyclic) bond motifs is 1. The monoisotopic (exact) mass is 236 g/mol. The Kier molecular flexibility index (Phi) is 3.19. The van der Waals surface area contributed by atoms with E-state index in [4.69, 9.17) is 20.9 Å². The van der Waals surface area contributed by atoms with Crippen LogP contribution in [0.15, 0.2) is 18.2 Å². The third-order valence-corrected chi connectivity index (χ3v) is 3.04. The van der Waals surface area contributed by atoms with Crippen molar-refractivity contribution in [3.63, 3.8) is 0 Å². The van der Waals surface area contributed by atoms with E-state index in [1.165, 1.54) is 0 Å². The molecule has 0 bridgehead atoms. The number of ether oxygens (including phenoxy) is 2. The van der Waals surface area contributed by atoms with Crippen LogP contribution >= 0.6 is 0 Å². The van der Waals surface area contributed by atoms with E-state index in [1.807, 2.05) is 18.2 Å². The van der Waals surface area contributed by atoms with E-state index in [1.54, 1.807) is 7.11 Å². The molecule has 0 saturated carbocycles. The lowest BCUT2D eigenvalue weighted by Gasteiger charge is -2.30. The molecule has 17 heavy (non-hydrogen) atoms. The number of methoxy groups -OCH3 is 1. The lowest BCUT2D eigenvalue weighted by Crippen LogP contribution is -2.37. The lowest BCUT2D eigenvalue weighted by molar-refractivity contribution is 0.0833. The number of hydrogen-bond donors (Lipinski definition) is 2. The van der Waals surface area contributed by atoms with Gasteiger partial charge in [-0.05, 0) is 30.5 Å². The van der Waals surface area contributed by atoms with Crippen LogP contribution in [0.1, 0.15) is 23.7 Å². The fourth-order valence-electron chi connectivity index (χ4n) is 2.17. The van der Waals surface area contributed by atoms with Crippen LogP contribution in [-0.2, 0) is 11.2 Å². The maximum atomic E-state index is 10.9. The number of primary amides is 1. The summed E-state index contributed by atoms with van der Waals surface area (Å²) < 4.78 is 10.2. The molecule has 0 saturated heterocycles. The van der Waals surface area contributed by atoms with E-state index < -0.39 is 12.2 Å². The van der Waals surface area contributed by atoms with Crippen LogP contribution in [0.5, 0.6) is 5.75 Å². The highest BCUT2D eigenvalue weighted by atomic mass is 16.6. The Morgan fingerprint density at radius 2 is 2.24 bits per heavy atom. The molecule has 0 fully saturated rings. The molecular weight excluding hydrogens is 220 g/mol. The molecule has 2 rings (SSSR count). The van der Waals surface area contributed by atoms with Gasteiger partial charge in [0.05, 0.1) is 7.11 Å². The number of aryl methyl sites for hydroxylation is 1. The fraction of sp³-hybridized carbons (Fsp3) is 0.417. The number of amides is 1. The van der Waals surface area contributed by atoms with E-state index in [9.17, 15) is 4.79 Å². The van der Waals surface area contributed by atoms with Gasteiger partial charge in [0.15, 0.2) is 0 Å². The van der Waals surface area contributed by atoms with Gasteiger partial charge >= 0.3 is 6.09 Å². The Balaban J connectivity index is 2.37. The highest BCUT2D eigenvalue weighted by Gasteiger charge is 2.30. The summed E-state index contributed by atoms with van der Waals surface area (Å²) in [5.74, 6) is 0.718. The number of carbonyl (C=O) groups is 1. The Hall–Kier alpha value is -1.75. The van der Waals surface area contributed by atoms with Gasteiger partial charge in [-0.1, -0.05) is 6.07 Å². The zero-order valence-corrected chi connectivity index (χ0v) is 9.68. The molecule has 5 nitrogen and oxygen atoms in total. The van der Waals surface area contributed by atoms with E-state index in [-0.39, 0.29) is 6.04 Å². The van der Waals surface area contributed by atoms with Gasteiger partial charge in [-0.15, -0.1) is 0 Å². The summed E-state index contributed by atoms with van der Waals surface area (Å²) >= 11 is 0. The van der Waals surface area contributed by atoms with E-state index in [2.05, 4.69) is 0 Å². The van der Waals surface area contributed by atoms with Gasteiger partial charge in [0, 0.05) is 11.6 Å². The van der Waals surface area contributed by atoms with Gasteiger partial charge < -0.3 is 20.9 Å². The molecule has 2 atom stereocenters. The third kappa shape index (κ3) is 2.34. The van der Waals surface area contributed by atoms with Crippen molar-refractivity contribution in [2.24, 2.45) is 11.5 Å². The Morgan fingerprint density at radius 1 is 1.47 bits per heavy atom. The molecule has 0 aromatic heterocycles. The first-order valence-corrected chi connectivity index (χ1v) is 5.50. The summed E-state index contributed by atoms with van der Waals surface area (Å²) in [5.41, 5.74) is 13.0. The zero-order chi connectivity index (χ0) is 12.4. The SMILES string of the molecule is COc1ccc2c(c1)C(OC(N)=O)C(N)CC2. The van der Waals surface area contributed by atoms with Crippen LogP contribution in [0, 0.1) is 0 Å². The maximum Gasteiger partial charge on any atom is 0.405 e. The van der Waals surface area contributed by atoms with Crippen LogP contribution < -0.4 is 16.2 Å². The molecule has 1 aliphatic carbocycles. The van der Waals surface area contributed by atoms with Gasteiger partial charge in [-0.3, -0.25) is 0 Å². The van der Waals surface area contributed by atoms with Gasteiger partial charge in [-0.2, -0.15) is 0 Å². The molecule has 4 N–H and O–H groups in total. The smallest absolute Gasteiger partial charge is 0.405 e. The van der Waals surface area contributed by atoms with Crippen LogP contribution in [0.4, 0.5) is 4.79 Å². The second-order valence-corrected chi connectivity index (χ2v) is 4.12. The molecule has 0 heterocycles. The molecule has 0 aliphatic heterocycles. The van der Waals surface area contributed by atoms with Crippen LogP contribution in [0.2, 0.25) is 0 Å². The Labute approximate surface area is 99.7 Å². The predicted molar refractivity (Wildman–Crippen MR) is 62.7 cm³/mol. The first-order valence-electron chi connectivity index (χ1n) is 5.50. The third-order valence-electron chi connectivity index (χ3n) is 3.04. The molecule has 0 radical (unpaired) electrons. The maximum absolute atomic E-state index is 10.9. The van der Waals surface area contributed by atoms with Gasteiger partial charge in [0.25, 0.3) is 0 Å². The van der Waals surface area contributed by atoms with E-state index in [0.717, 1.165) is 29.7 Å². The quantitative estimate of drug-likeness (QED) is 0.805. The minimum atomic E-state index is -0.805. The number of nitrogens with two attached hydrogens (primary N) is 2. The number of rotatable bonds is 2. The first-order chi connectivity index (χ1) is 8.11. The molecule has 5 heteroatoms. The number of hydrogen-bond acceptors (Lipinski definition) is 4. The van der Waals surface area contributed by atoms with Crippen molar-refractivity contribution in [3.8, 4) is 5.75 Å². The van der Waals surface area contributed by atoms with Gasteiger partial charge in [-0.25, -0.2) is 4.79 Å². The average molecular weight is 236 g/mol. The van der Waals surface area contributed by atoms with E-state index in [0.29, 0.717) is 0 Å². The minimum absolute atomic E-state index is 0.220. The second-order valence-electron chi connectivity index (χ2n) is 4.12. The number of carbonyl (C=O) groups excluding carboxylic acids is 1. The summed E-state index contributed by atoms with van der Waals surface area (Å²) in [5, 5.41) is 0. The molecule has 92 valence electrons. The average Bonchev–Trinajstić information content (AvgIpc) is 2.32. The summed E-state index contributed by atoms with van der Waals surface area (Å²) in [6, 6.07) is 5.48. The van der Waals surface area contributed by atoms with Gasteiger partial charge in [0.2, 0.25) is 0 Å². The largest absolute Gasteiger partial charge is 0.497 e. The highest BCUT2D eigenvalue weighted by molar-refractivity contribution is 5.65. The summed E-state index contributed by atoms with van der Waals surface area (Å²) in [6.07, 6.45) is 0.364. The van der Waals surface area contributed by atoms with Crippen molar-refractivity contribution in [2.75, 3.05) is 7.11 Å². The molecule has 1 amide bonds. The predicted octanol–water partition coefficient (Wildman–Crippen LogP) is 1.11. The Bertz CT molecular complexity index is 434. The molecule has 1 aromatic rings. The second kappa shape index (κ2) is 4.63. The Morgan fingerprint density at radius 3 is 2.88 bits per heavy atom. The minimum Gasteiger partial charge on any atom is -0.497 e. The normalized spacial score (nSPS) is 22.7. The van der Waals surface area contributed by atoms with Gasteiger partial charge in [0.1, 0.15) is 11.9 Å². The molecule has 0 spiro atoms. The summed E-state index contributed by atoms with van der Waals surface area (Å²) in [4.78, 5) is 10.9. The first kappa shape index (κ1) is 11.7. The summed E-state index contributed by atoms with van der Waals surface area (Å²) in [6.45, 7) is 0. The van der Waals surface area contributed by atoms with Crippen molar-refractivity contribution < 1.29 is 14.3 Å². The van der Waals surface area contributed by atoms with Crippen LogP contribution in [0.25, 0.3) is 0 Å². The number of benzene rings is 1. The lowest BCUT2D eigenvalue weighted by atomic mass is 9.86. The highest BCUT2D eigenvalue weighted by Crippen LogP contribution is 2.34. The van der Waals surface area contributed by atoms with Crippen molar-refractivity contribution >= 4 is 6.09 Å². The molecular formula is C12H16N2O3. The van der Waals surface area contributed by atoms with Crippen molar-refractivity contribution in [1.82, 2.24) is 0 Å². The van der Waals surface area contributed by atoms with Crippen molar-refractivity contribution in [3.05, 3.63) is 29.3 Å².